The number of benzene rings is 1. The summed E-state index contributed by atoms with van der Waals surface area (Å²) in [5, 5.41) is 28.8. The summed E-state index contributed by atoms with van der Waals surface area (Å²) >= 11 is 0. The number of aliphatic hydroxyl groups is 1. The van der Waals surface area contributed by atoms with Gasteiger partial charge in [-0.3, -0.25) is 0 Å². The molecular weight excluding hydrogens is 228 g/mol. The Morgan fingerprint density at radius 1 is 1.06 bits per heavy atom. The van der Waals surface area contributed by atoms with Crippen molar-refractivity contribution in [2.75, 3.05) is 0 Å². The lowest BCUT2D eigenvalue weighted by Crippen LogP contribution is -2.23. The van der Waals surface area contributed by atoms with E-state index in [9.17, 15) is 15.3 Å². The van der Waals surface area contributed by atoms with Gasteiger partial charge in [-0.15, -0.1) is 13.2 Å². The van der Waals surface area contributed by atoms with Gasteiger partial charge in [-0.25, -0.2) is 0 Å². The van der Waals surface area contributed by atoms with Crippen LogP contribution in [0.4, 0.5) is 0 Å². The lowest BCUT2D eigenvalue weighted by molar-refractivity contribution is 0.0986. The number of rotatable bonds is 6. The Kier molecular flexibility index (Phi) is 4.75. The SMILES string of the molecule is C=CCC(O)(/C=C/c1ccc(O)c(O)c1)CC=C. The topological polar surface area (TPSA) is 60.7 Å². The molecule has 0 amide bonds. The Bertz CT molecular complexity index is 451. The highest BCUT2D eigenvalue weighted by atomic mass is 16.3. The van der Waals surface area contributed by atoms with Crippen molar-refractivity contribution < 1.29 is 15.3 Å². The van der Waals surface area contributed by atoms with Crippen molar-refractivity contribution in [2.24, 2.45) is 0 Å². The van der Waals surface area contributed by atoms with Crippen molar-refractivity contribution in [2.45, 2.75) is 18.4 Å². The Hall–Kier alpha value is -2.00. The van der Waals surface area contributed by atoms with E-state index in [0.717, 1.165) is 0 Å². The van der Waals surface area contributed by atoms with Crippen molar-refractivity contribution in [3.63, 3.8) is 0 Å². The molecule has 0 spiro atoms. The van der Waals surface area contributed by atoms with E-state index in [-0.39, 0.29) is 11.5 Å². The van der Waals surface area contributed by atoms with Crippen molar-refractivity contribution in [1.82, 2.24) is 0 Å². The van der Waals surface area contributed by atoms with E-state index in [1.165, 1.54) is 12.1 Å². The van der Waals surface area contributed by atoms with E-state index in [2.05, 4.69) is 13.2 Å². The molecule has 3 heteroatoms. The fourth-order valence-electron chi connectivity index (χ4n) is 1.61. The van der Waals surface area contributed by atoms with Gasteiger partial charge in [-0.2, -0.15) is 0 Å². The zero-order valence-corrected chi connectivity index (χ0v) is 10.2. The molecule has 0 heterocycles. The molecule has 0 aromatic heterocycles. The first kappa shape index (κ1) is 14.1. The van der Waals surface area contributed by atoms with Crippen LogP contribution in [0.15, 0.2) is 49.6 Å². The summed E-state index contributed by atoms with van der Waals surface area (Å²) < 4.78 is 0. The molecule has 96 valence electrons. The highest BCUT2D eigenvalue weighted by Gasteiger charge is 2.19. The van der Waals surface area contributed by atoms with E-state index in [1.807, 2.05) is 0 Å². The van der Waals surface area contributed by atoms with E-state index >= 15 is 0 Å². The van der Waals surface area contributed by atoms with Gasteiger partial charge in [0, 0.05) is 0 Å². The monoisotopic (exact) mass is 246 g/mol. The van der Waals surface area contributed by atoms with Crippen LogP contribution in [0.2, 0.25) is 0 Å². The first-order valence-corrected chi connectivity index (χ1v) is 5.66. The van der Waals surface area contributed by atoms with Crippen molar-refractivity contribution in [1.29, 1.82) is 0 Å². The van der Waals surface area contributed by atoms with Crippen molar-refractivity contribution in [3.8, 4) is 11.5 Å². The molecule has 1 aromatic carbocycles. The zero-order valence-electron chi connectivity index (χ0n) is 10.2. The third-order valence-electron chi connectivity index (χ3n) is 2.58. The number of hydrogen-bond acceptors (Lipinski definition) is 3. The molecule has 0 saturated heterocycles. The summed E-state index contributed by atoms with van der Waals surface area (Å²) in [4.78, 5) is 0. The second-order valence-corrected chi connectivity index (χ2v) is 4.17. The summed E-state index contributed by atoms with van der Waals surface area (Å²) in [6, 6.07) is 4.47. The Morgan fingerprint density at radius 2 is 1.67 bits per heavy atom. The molecular formula is C15H18O3. The molecule has 3 N–H and O–H groups in total. The van der Waals surface area contributed by atoms with Gasteiger partial charge in [0.2, 0.25) is 0 Å². The standard InChI is InChI=1S/C15H18O3/c1-3-8-15(18,9-4-2)10-7-12-5-6-13(16)14(17)11-12/h3-7,10-11,16-18H,1-2,8-9H2/b10-7+. The fraction of sp³-hybridized carbons (Fsp3) is 0.200. The number of hydrogen-bond donors (Lipinski definition) is 3. The normalized spacial score (nSPS) is 11.6. The Balaban J connectivity index is 2.91. The first-order chi connectivity index (χ1) is 8.50. The second-order valence-electron chi connectivity index (χ2n) is 4.17. The number of phenols is 2. The molecule has 0 atom stereocenters. The van der Waals surface area contributed by atoms with Gasteiger partial charge in [0.25, 0.3) is 0 Å². The molecule has 1 aromatic rings. The minimum Gasteiger partial charge on any atom is -0.504 e. The highest BCUT2D eigenvalue weighted by Crippen LogP contribution is 2.26. The Labute approximate surface area is 107 Å². The third kappa shape index (κ3) is 3.79. The van der Waals surface area contributed by atoms with Crippen LogP contribution in [-0.4, -0.2) is 20.9 Å². The molecule has 0 unspecified atom stereocenters. The van der Waals surface area contributed by atoms with Crippen LogP contribution >= 0.6 is 0 Å². The summed E-state index contributed by atoms with van der Waals surface area (Å²) in [6.45, 7) is 7.21. The minimum atomic E-state index is -1.02. The maximum absolute atomic E-state index is 10.3. The second kappa shape index (κ2) is 6.07. The van der Waals surface area contributed by atoms with Crippen molar-refractivity contribution >= 4 is 6.08 Å². The van der Waals surface area contributed by atoms with Crippen LogP contribution < -0.4 is 0 Å². The van der Waals surface area contributed by atoms with Crippen LogP contribution in [0.5, 0.6) is 11.5 Å². The maximum atomic E-state index is 10.3. The lowest BCUT2D eigenvalue weighted by Gasteiger charge is -2.21. The van der Waals surface area contributed by atoms with Gasteiger partial charge in [0.1, 0.15) is 0 Å². The fourth-order valence-corrected chi connectivity index (χ4v) is 1.61. The van der Waals surface area contributed by atoms with E-state index in [0.29, 0.717) is 18.4 Å². The smallest absolute Gasteiger partial charge is 0.157 e. The molecule has 0 aliphatic carbocycles. The molecule has 18 heavy (non-hydrogen) atoms. The van der Waals surface area contributed by atoms with Crippen molar-refractivity contribution in [3.05, 3.63) is 55.1 Å². The van der Waals surface area contributed by atoms with Gasteiger partial charge >= 0.3 is 0 Å². The number of phenolic OH excluding ortho intramolecular Hbond substituents is 2. The zero-order chi connectivity index (χ0) is 13.6. The van der Waals surface area contributed by atoms with Crippen LogP contribution in [0, 0.1) is 0 Å². The summed E-state index contributed by atoms with van der Waals surface area (Å²) in [5.41, 5.74) is -0.325. The predicted octanol–water partition coefficient (Wildman–Crippen LogP) is 2.99. The van der Waals surface area contributed by atoms with Gasteiger partial charge in [-0.05, 0) is 30.5 Å². The van der Waals surface area contributed by atoms with Gasteiger partial charge in [0.15, 0.2) is 11.5 Å². The number of aromatic hydroxyl groups is 2. The summed E-state index contributed by atoms with van der Waals surface area (Å²) in [6.07, 6.45) is 7.44. The summed E-state index contributed by atoms with van der Waals surface area (Å²) in [7, 11) is 0. The largest absolute Gasteiger partial charge is 0.504 e. The van der Waals surface area contributed by atoms with E-state index < -0.39 is 5.60 Å². The van der Waals surface area contributed by atoms with Crippen LogP contribution in [-0.2, 0) is 0 Å². The predicted molar refractivity (Wildman–Crippen MR) is 73.4 cm³/mol. The van der Waals surface area contributed by atoms with Gasteiger partial charge < -0.3 is 15.3 Å². The lowest BCUT2D eigenvalue weighted by atomic mass is 9.94. The molecule has 0 aliphatic rings. The average Bonchev–Trinajstić information content (AvgIpc) is 2.32. The van der Waals surface area contributed by atoms with Crippen LogP contribution in [0.1, 0.15) is 18.4 Å². The first-order valence-electron chi connectivity index (χ1n) is 5.66. The minimum absolute atomic E-state index is 0.167. The molecule has 3 nitrogen and oxygen atoms in total. The van der Waals surface area contributed by atoms with Crippen LogP contribution in [0.3, 0.4) is 0 Å². The molecule has 0 radical (unpaired) electrons. The van der Waals surface area contributed by atoms with Crippen LogP contribution in [0.25, 0.3) is 6.08 Å². The van der Waals surface area contributed by atoms with E-state index in [1.54, 1.807) is 30.4 Å². The molecule has 1 rings (SSSR count). The highest BCUT2D eigenvalue weighted by molar-refractivity contribution is 5.56. The molecule has 0 bridgehead atoms. The maximum Gasteiger partial charge on any atom is 0.157 e. The van der Waals surface area contributed by atoms with E-state index in [4.69, 9.17) is 0 Å². The average molecular weight is 246 g/mol. The molecule has 0 fully saturated rings. The Morgan fingerprint density at radius 3 is 2.17 bits per heavy atom. The summed E-state index contributed by atoms with van der Waals surface area (Å²) in [5.74, 6) is -0.354. The van der Waals surface area contributed by atoms with Gasteiger partial charge in [-0.1, -0.05) is 30.4 Å². The quantitative estimate of drug-likeness (QED) is 0.534. The molecule has 0 saturated carbocycles. The van der Waals surface area contributed by atoms with Gasteiger partial charge in [0.05, 0.1) is 5.60 Å². The third-order valence-corrected chi connectivity index (χ3v) is 2.58. The molecule has 0 aliphatic heterocycles.